The zero-order valence-corrected chi connectivity index (χ0v) is 17.0. The molecule has 1 aromatic heterocycles. The second kappa shape index (κ2) is 8.41. The van der Waals surface area contributed by atoms with E-state index in [2.05, 4.69) is 4.31 Å². The standard InChI is InChI=1S/C22H23N3O3S/c1-15-5-2-3-6-17(15)22(27)28-14-24-11-10-18-19(21(24)26)7-4-8-20(18)29-25-12-9-16(23)13-25/h2-8,10-11,16H,9,12-14,23H2,1H3. The van der Waals surface area contributed by atoms with E-state index in [1.165, 1.54) is 4.57 Å². The monoisotopic (exact) mass is 409 g/mol. The van der Waals surface area contributed by atoms with Gasteiger partial charge in [0.15, 0.2) is 6.73 Å². The molecule has 0 aliphatic carbocycles. The number of pyridine rings is 1. The van der Waals surface area contributed by atoms with Crippen molar-refractivity contribution in [3.05, 3.63) is 76.2 Å². The van der Waals surface area contributed by atoms with Gasteiger partial charge in [-0.15, -0.1) is 0 Å². The molecule has 6 nitrogen and oxygen atoms in total. The summed E-state index contributed by atoms with van der Waals surface area (Å²) in [6.07, 6.45) is 2.66. The molecule has 1 aliphatic rings. The molecule has 0 bridgehead atoms. The zero-order chi connectivity index (χ0) is 20.4. The van der Waals surface area contributed by atoms with Crippen LogP contribution in [0.3, 0.4) is 0 Å². The Labute approximate surface area is 173 Å². The Bertz CT molecular complexity index is 1110. The molecule has 3 aromatic rings. The fourth-order valence-corrected chi connectivity index (χ4v) is 4.61. The van der Waals surface area contributed by atoms with Crippen LogP contribution < -0.4 is 11.3 Å². The molecule has 0 saturated carbocycles. The van der Waals surface area contributed by atoms with Crippen LogP contribution in [-0.2, 0) is 11.5 Å². The second-order valence-corrected chi connectivity index (χ2v) is 8.35. The lowest BCUT2D eigenvalue weighted by Gasteiger charge is -2.16. The third-order valence-corrected chi connectivity index (χ3v) is 6.24. The minimum absolute atomic E-state index is 0.125. The van der Waals surface area contributed by atoms with Crippen LogP contribution in [0.1, 0.15) is 22.3 Å². The summed E-state index contributed by atoms with van der Waals surface area (Å²) in [7, 11) is 0. The summed E-state index contributed by atoms with van der Waals surface area (Å²) >= 11 is 1.64. The number of nitrogens with zero attached hydrogens (tertiary/aromatic N) is 2. The van der Waals surface area contributed by atoms with Crippen LogP contribution in [-0.4, -0.2) is 34.0 Å². The van der Waals surface area contributed by atoms with Gasteiger partial charge in [-0.3, -0.25) is 9.36 Å². The predicted octanol–water partition coefficient (Wildman–Crippen LogP) is 3.16. The van der Waals surface area contributed by atoms with Crippen molar-refractivity contribution in [2.75, 3.05) is 13.1 Å². The average Bonchev–Trinajstić information content (AvgIpc) is 3.13. The summed E-state index contributed by atoms with van der Waals surface area (Å²) in [5.41, 5.74) is 7.16. The molecule has 29 heavy (non-hydrogen) atoms. The Balaban J connectivity index is 1.54. The summed E-state index contributed by atoms with van der Waals surface area (Å²) in [5, 5.41) is 1.50. The maximum absolute atomic E-state index is 12.9. The Kier molecular flexibility index (Phi) is 5.71. The number of fused-ring (bicyclic) bond motifs is 1. The number of carbonyl (C=O) groups is 1. The van der Waals surface area contributed by atoms with Crippen LogP contribution in [0.15, 0.2) is 64.4 Å². The van der Waals surface area contributed by atoms with Crippen LogP contribution in [0.4, 0.5) is 0 Å². The van der Waals surface area contributed by atoms with E-state index in [9.17, 15) is 9.59 Å². The van der Waals surface area contributed by atoms with Crippen LogP contribution >= 0.6 is 11.9 Å². The van der Waals surface area contributed by atoms with Gasteiger partial charge in [-0.25, -0.2) is 9.10 Å². The second-order valence-electron chi connectivity index (χ2n) is 7.21. The van der Waals surface area contributed by atoms with E-state index in [4.69, 9.17) is 10.5 Å². The third kappa shape index (κ3) is 4.22. The average molecular weight is 410 g/mol. The largest absolute Gasteiger partial charge is 0.440 e. The molecule has 1 saturated heterocycles. The van der Waals surface area contributed by atoms with Crippen molar-refractivity contribution in [2.45, 2.75) is 31.0 Å². The highest BCUT2D eigenvalue weighted by Crippen LogP contribution is 2.31. The maximum Gasteiger partial charge on any atom is 0.340 e. The first-order valence-corrected chi connectivity index (χ1v) is 10.3. The van der Waals surface area contributed by atoms with E-state index in [1.807, 2.05) is 37.3 Å². The first-order valence-electron chi connectivity index (χ1n) is 9.56. The van der Waals surface area contributed by atoms with E-state index in [-0.39, 0.29) is 18.3 Å². The topological polar surface area (TPSA) is 77.6 Å². The Morgan fingerprint density at radius 3 is 2.76 bits per heavy atom. The molecule has 2 heterocycles. The van der Waals surface area contributed by atoms with Gasteiger partial charge in [0, 0.05) is 41.0 Å². The Morgan fingerprint density at radius 2 is 2.00 bits per heavy atom. The number of rotatable bonds is 5. The normalized spacial score (nSPS) is 17.0. The molecule has 150 valence electrons. The van der Waals surface area contributed by atoms with Gasteiger partial charge >= 0.3 is 5.97 Å². The highest BCUT2D eigenvalue weighted by Gasteiger charge is 2.21. The van der Waals surface area contributed by atoms with Crippen LogP contribution in [0, 0.1) is 6.92 Å². The van der Waals surface area contributed by atoms with Gasteiger partial charge in [0.1, 0.15) is 0 Å². The fourth-order valence-electron chi connectivity index (χ4n) is 3.45. The number of aromatic nitrogens is 1. The van der Waals surface area contributed by atoms with Gasteiger partial charge in [-0.1, -0.05) is 24.3 Å². The molecule has 0 radical (unpaired) electrons. The lowest BCUT2D eigenvalue weighted by molar-refractivity contribution is 0.0366. The molecular formula is C22H23N3O3S. The summed E-state index contributed by atoms with van der Waals surface area (Å²) < 4.78 is 9.02. The van der Waals surface area contributed by atoms with Crippen molar-refractivity contribution in [3.63, 3.8) is 0 Å². The molecule has 2 N–H and O–H groups in total. The van der Waals surface area contributed by atoms with Crippen molar-refractivity contribution in [1.82, 2.24) is 8.87 Å². The quantitative estimate of drug-likeness (QED) is 0.515. The Morgan fingerprint density at radius 1 is 1.17 bits per heavy atom. The number of benzene rings is 2. The lowest BCUT2D eigenvalue weighted by Crippen LogP contribution is -2.23. The molecule has 1 atom stereocenters. The summed E-state index contributed by atoms with van der Waals surface area (Å²) in [6.45, 7) is 3.51. The molecule has 1 aliphatic heterocycles. The van der Waals surface area contributed by atoms with Gasteiger partial charge in [0.2, 0.25) is 0 Å². The van der Waals surface area contributed by atoms with Crippen LogP contribution in [0.25, 0.3) is 10.8 Å². The van der Waals surface area contributed by atoms with Crippen LogP contribution in [0.5, 0.6) is 0 Å². The number of ether oxygens (including phenoxy) is 1. The SMILES string of the molecule is Cc1ccccc1C(=O)OCn1ccc2c(SN3CCC(N)C3)cccc2c1=O. The van der Waals surface area contributed by atoms with Crippen molar-refractivity contribution < 1.29 is 9.53 Å². The molecule has 4 rings (SSSR count). The smallest absolute Gasteiger partial charge is 0.340 e. The van der Waals surface area contributed by atoms with Crippen molar-refractivity contribution in [2.24, 2.45) is 5.73 Å². The van der Waals surface area contributed by atoms with Crippen molar-refractivity contribution in [1.29, 1.82) is 0 Å². The highest BCUT2D eigenvalue weighted by atomic mass is 32.2. The van der Waals surface area contributed by atoms with Crippen LogP contribution in [0.2, 0.25) is 0 Å². The fraction of sp³-hybridized carbons (Fsp3) is 0.273. The zero-order valence-electron chi connectivity index (χ0n) is 16.2. The summed E-state index contributed by atoms with van der Waals surface area (Å²) in [6, 6.07) is 15.0. The number of aryl methyl sites for hydroxylation is 1. The Hall–Kier alpha value is -2.61. The van der Waals surface area contributed by atoms with Crippen molar-refractivity contribution >= 4 is 28.7 Å². The molecule has 0 spiro atoms. The van der Waals surface area contributed by atoms with E-state index >= 15 is 0 Å². The molecule has 1 fully saturated rings. The van der Waals surface area contributed by atoms with E-state index < -0.39 is 5.97 Å². The molecular weight excluding hydrogens is 386 g/mol. The summed E-state index contributed by atoms with van der Waals surface area (Å²) in [5.74, 6) is -0.440. The van der Waals surface area contributed by atoms with Gasteiger partial charge in [0.25, 0.3) is 5.56 Å². The van der Waals surface area contributed by atoms with Gasteiger partial charge in [-0.05, 0) is 55.1 Å². The molecule has 1 unspecified atom stereocenters. The highest BCUT2D eigenvalue weighted by molar-refractivity contribution is 7.97. The molecule has 0 amide bonds. The first-order chi connectivity index (χ1) is 14.0. The summed E-state index contributed by atoms with van der Waals surface area (Å²) in [4.78, 5) is 26.3. The van der Waals surface area contributed by atoms with Crippen molar-refractivity contribution in [3.8, 4) is 0 Å². The lowest BCUT2D eigenvalue weighted by atomic mass is 10.1. The van der Waals surface area contributed by atoms with Gasteiger partial charge < -0.3 is 10.5 Å². The van der Waals surface area contributed by atoms with E-state index in [0.717, 1.165) is 35.4 Å². The minimum Gasteiger partial charge on any atom is -0.440 e. The number of hydrogen-bond acceptors (Lipinski definition) is 6. The number of hydrogen-bond donors (Lipinski definition) is 1. The number of esters is 1. The first kappa shape index (κ1) is 19.7. The third-order valence-electron chi connectivity index (χ3n) is 5.09. The van der Waals surface area contributed by atoms with Gasteiger partial charge in [0.05, 0.1) is 5.56 Å². The number of carbonyl (C=O) groups excluding carboxylic acids is 1. The predicted molar refractivity (Wildman–Crippen MR) is 115 cm³/mol. The van der Waals surface area contributed by atoms with Gasteiger partial charge in [-0.2, -0.15) is 0 Å². The molecule has 7 heteroatoms. The van der Waals surface area contributed by atoms with E-state index in [1.54, 1.807) is 36.3 Å². The minimum atomic E-state index is -0.440. The van der Waals surface area contributed by atoms with E-state index in [0.29, 0.717) is 10.9 Å². The number of nitrogens with two attached hydrogens (primary N) is 1. The molecule has 2 aromatic carbocycles. The maximum atomic E-state index is 12.9.